The molecule has 0 spiro atoms. The molecule has 2 atom stereocenters. The molecule has 1 aliphatic heterocycles. The summed E-state index contributed by atoms with van der Waals surface area (Å²) < 4.78 is 0. The monoisotopic (exact) mass is 157 g/mol. The second-order valence-electron chi connectivity index (χ2n) is 2.22. The Hall–Kier alpha value is -0.690. The van der Waals surface area contributed by atoms with Crippen LogP contribution in [0.2, 0.25) is 0 Å². The van der Waals surface area contributed by atoms with E-state index in [1.54, 1.807) is 0 Å². The Bertz CT molecular complexity index is 187. The predicted molar refractivity (Wildman–Crippen MR) is 37.6 cm³/mol. The third-order valence-corrected chi connectivity index (χ3v) is 2.75. The first-order valence-corrected chi connectivity index (χ1v) is 4.11. The fraction of sp³-hybridized carbons (Fsp3) is 0.667. The Morgan fingerprint density at radius 2 is 2.40 bits per heavy atom. The van der Waals surface area contributed by atoms with Gasteiger partial charge in [-0.25, -0.2) is 0 Å². The number of hydrogen-bond donors (Lipinski definition) is 1. The van der Waals surface area contributed by atoms with Crippen LogP contribution in [0.15, 0.2) is 0 Å². The van der Waals surface area contributed by atoms with Crippen LogP contribution >= 0.6 is 11.8 Å². The van der Waals surface area contributed by atoms with E-state index < -0.39 is 11.9 Å². The van der Waals surface area contributed by atoms with E-state index in [2.05, 4.69) is 0 Å². The summed E-state index contributed by atoms with van der Waals surface area (Å²) in [5.74, 6) is -0.282. The SMILES string of the molecule is N#C[C@@H]1CSC[C@H]1C(=O)O. The zero-order chi connectivity index (χ0) is 7.56. The molecule has 3 nitrogen and oxygen atoms in total. The molecule has 1 heterocycles. The second-order valence-corrected chi connectivity index (χ2v) is 3.29. The van der Waals surface area contributed by atoms with Gasteiger partial charge >= 0.3 is 5.97 Å². The molecule has 1 fully saturated rings. The van der Waals surface area contributed by atoms with Gasteiger partial charge in [0.05, 0.1) is 17.9 Å². The van der Waals surface area contributed by atoms with Crippen molar-refractivity contribution in [2.24, 2.45) is 11.8 Å². The van der Waals surface area contributed by atoms with E-state index in [0.29, 0.717) is 11.5 Å². The van der Waals surface area contributed by atoms with Crippen molar-refractivity contribution in [1.82, 2.24) is 0 Å². The van der Waals surface area contributed by atoms with Crippen LogP contribution in [0.3, 0.4) is 0 Å². The highest BCUT2D eigenvalue weighted by atomic mass is 32.2. The molecule has 10 heavy (non-hydrogen) atoms. The number of carboxylic acid groups (broad SMARTS) is 1. The van der Waals surface area contributed by atoms with Gasteiger partial charge in [0.2, 0.25) is 0 Å². The van der Waals surface area contributed by atoms with Crippen molar-refractivity contribution in [2.75, 3.05) is 11.5 Å². The predicted octanol–water partition coefficient (Wildman–Crippen LogP) is 0.574. The van der Waals surface area contributed by atoms with E-state index in [0.717, 1.165) is 0 Å². The number of nitrogens with zero attached hydrogens (tertiary/aromatic N) is 1. The Balaban J connectivity index is 2.61. The van der Waals surface area contributed by atoms with Gasteiger partial charge in [0.1, 0.15) is 0 Å². The van der Waals surface area contributed by atoms with Crippen molar-refractivity contribution < 1.29 is 9.90 Å². The van der Waals surface area contributed by atoms with E-state index in [1.165, 1.54) is 11.8 Å². The van der Waals surface area contributed by atoms with E-state index in [9.17, 15) is 4.79 Å². The molecule has 1 rings (SSSR count). The summed E-state index contributed by atoms with van der Waals surface area (Å²) in [6.45, 7) is 0. The second kappa shape index (κ2) is 2.93. The van der Waals surface area contributed by atoms with Gasteiger partial charge in [0.25, 0.3) is 0 Å². The topological polar surface area (TPSA) is 61.1 Å². The van der Waals surface area contributed by atoms with Crippen LogP contribution in [0, 0.1) is 23.2 Å². The van der Waals surface area contributed by atoms with Crippen LogP contribution in [0.4, 0.5) is 0 Å². The van der Waals surface area contributed by atoms with Gasteiger partial charge in [-0.15, -0.1) is 0 Å². The van der Waals surface area contributed by atoms with Gasteiger partial charge < -0.3 is 5.11 Å². The molecule has 4 heteroatoms. The molecule has 0 aromatic carbocycles. The highest BCUT2D eigenvalue weighted by Gasteiger charge is 2.33. The fourth-order valence-corrected chi connectivity index (χ4v) is 2.25. The molecule has 0 unspecified atom stereocenters. The van der Waals surface area contributed by atoms with Crippen LogP contribution in [-0.4, -0.2) is 22.6 Å². The summed E-state index contributed by atoms with van der Waals surface area (Å²) in [6, 6.07) is 1.99. The molecule has 1 saturated heterocycles. The van der Waals surface area contributed by atoms with Gasteiger partial charge in [-0.3, -0.25) is 4.79 Å². The molecular weight excluding hydrogens is 150 g/mol. The third-order valence-electron chi connectivity index (χ3n) is 1.56. The van der Waals surface area contributed by atoms with Crippen molar-refractivity contribution in [3.05, 3.63) is 0 Å². The van der Waals surface area contributed by atoms with E-state index in [4.69, 9.17) is 10.4 Å². The summed E-state index contributed by atoms with van der Waals surface area (Å²) in [5, 5.41) is 17.0. The molecule has 0 amide bonds. The maximum atomic E-state index is 10.4. The Morgan fingerprint density at radius 3 is 2.80 bits per heavy atom. The average Bonchev–Trinajstić information content (AvgIpc) is 2.33. The summed E-state index contributed by atoms with van der Waals surface area (Å²) >= 11 is 1.54. The lowest BCUT2D eigenvalue weighted by Crippen LogP contribution is -2.20. The minimum absolute atomic E-state index is 0.275. The first kappa shape index (κ1) is 7.42. The van der Waals surface area contributed by atoms with Gasteiger partial charge in [-0.05, 0) is 0 Å². The summed E-state index contributed by atoms with van der Waals surface area (Å²) in [6.07, 6.45) is 0. The van der Waals surface area contributed by atoms with E-state index >= 15 is 0 Å². The Labute approximate surface area is 63.0 Å². The van der Waals surface area contributed by atoms with Crippen molar-refractivity contribution >= 4 is 17.7 Å². The highest BCUT2D eigenvalue weighted by molar-refractivity contribution is 7.99. The maximum absolute atomic E-state index is 10.4. The number of aliphatic carboxylic acids is 1. The van der Waals surface area contributed by atoms with Crippen LogP contribution in [0.1, 0.15) is 0 Å². The quantitative estimate of drug-likeness (QED) is 0.604. The van der Waals surface area contributed by atoms with Gasteiger partial charge in [0, 0.05) is 11.5 Å². The van der Waals surface area contributed by atoms with E-state index in [1.807, 2.05) is 6.07 Å². The minimum Gasteiger partial charge on any atom is -0.481 e. The lowest BCUT2D eigenvalue weighted by Gasteiger charge is -2.03. The number of nitriles is 1. The Morgan fingerprint density at radius 1 is 1.70 bits per heavy atom. The molecule has 1 aliphatic rings. The van der Waals surface area contributed by atoms with E-state index in [-0.39, 0.29) is 5.92 Å². The zero-order valence-corrected chi connectivity index (χ0v) is 6.10. The lowest BCUT2D eigenvalue weighted by atomic mass is 9.98. The molecule has 54 valence electrons. The first-order valence-electron chi connectivity index (χ1n) is 2.96. The summed E-state index contributed by atoms with van der Waals surface area (Å²) in [4.78, 5) is 10.4. The molecule has 1 N–H and O–H groups in total. The largest absolute Gasteiger partial charge is 0.481 e. The maximum Gasteiger partial charge on any atom is 0.308 e. The smallest absolute Gasteiger partial charge is 0.308 e. The lowest BCUT2D eigenvalue weighted by molar-refractivity contribution is -0.141. The number of carbonyl (C=O) groups is 1. The molecule has 0 bridgehead atoms. The average molecular weight is 157 g/mol. The minimum atomic E-state index is -0.837. The molecule has 0 aromatic rings. The third kappa shape index (κ3) is 1.24. The van der Waals surface area contributed by atoms with Crippen molar-refractivity contribution in [3.8, 4) is 6.07 Å². The van der Waals surface area contributed by atoms with Crippen LogP contribution < -0.4 is 0 Å². The number of carboxylic acids is 1. The zero-order valence-electron chi connectivity index (χ0n) is 5.28. The summed E-state index contributed by atoms with van der Waals surface area (Å²) in [5.41, 5.74) is 0. The van der Waals surface area contributed by atoms with Gasteiger partial charge in [-0.2, -0.15) is 17.0 Å². The number of thioether (sulfide) groups is 1. The molecule has 0 aliphatic carbocycles. The van der Waals surface area contributed by atoms with Gasteiger partial charge in [-0.1, -0.05) is 0 Å². The van der Waals surface area contributed by atoms with Crippen molar-refractivity contribution in [2.45, 2.75) is 0 Å². The number of hydrogen-bond acceptors (Lipinski definition) is 3. The molecule has 0 aromatic heterocycles. The fourth-order valence-electron chi connectivity index (χ4n) is 0.925. The van der Waals surface area contributed by atoms with Crippen LogP contribution in [0.25, 0.3) is 0 Å². The Kier molecular flexibility index (Phi) is 2.17. The molecule has 0 saturated carbocycles. The first-order chi connectivity index (χ1) is 4.75. The standard InChI is InChI=1S/C6H7NO2S/c7-1-4-2-10-3-5(4)6(8)9/h4-5H,2-3H2,(H,8,9)/t4-,5-/m1/s1. The van der Waals surface area contributed by atoms with Gasteiger partial charge in [0.15, 0.2) is 0 Å². The highest BCUT2D eigenvalue weighted by Crippen LogP contribution is 2.29. The normalized spacial score (nSPS) is 31.5. The molecule has 0 radical (unpaired) electrons. The summed E-state index contributed by atoms with van der Waals surface area (Å²) in [7, 11) is 0. The van der Waals surface area contributed by atoms with Crippen molar-refractivity contribution in [1.29, 1.82) is 5.26 Å². The van der Waals surface area contributed by atoms with Crippen LogP contribution in [0.5, 0.6) is 0 Å². The molecular formula is C6H7NO2S. The number of rotatable bonds is 1. The van der Waals surface area contributed by atoms with Crippen LogP contribution in [-0.2, 0) is 4.79 Å². The van der Waals surface area contributed by atoms with Crippen molar-refractivity contribution in [3.63, 3.8) is 0 Å².